The summed E-state index contributed by atoms with van der Waals surface area (Å²) in [5.41, 5.74) is 3.05. The standard InChI is InChI=1S/C24H21BrN2O2S/c25-16-12-10-15(11-13-16)14-29-19-8-5-4-6-17(19)22-26-23(28)21-18-7-2-1-3-9-20(18)30-24(21)27-22/h4-6,8,10-13H,1-3,7,9,14H2,(H,26,27,28). The highest BCUT2D eigenvalue weighted by molar-refractivity contribution is 9.10. The maximum Gasteiger partial charge on any atom is 0.260 e. The maximum absolute atomic E-state index is 13.0. The van der Waals surface area contributed by atoms with Gasteiger partial charge in [0.1, 0.15) is 23.0 Å². The lowest BCUT2D eigenvalue weighted by molar-refractivity contribution is 0.307. The Kier molecular flexibility index (Phi) is 5.44. The van der Waals surface area contributed by atoms with Crippen molar-refractivity contribution >= 4 is 37.5 Å². The molecular formula is C24H21BrN2O2S. The van der Waals surface area contributed by atoms with Gasteiger partial charge in [-0.15, -0.1) is 11.3 Å². The monoisotopic (exact) mass is 480 g/mol. The fourth-order valence-corrected chi connectivity index (χ4v) is 5.52. The number of aromatic nitrogens is 2. The highest BCUT2D eigenvalue weighted by atomic mass is 79.9. The fourth-order valence-electron chi connectivity index (χ4n) is 4.00. The van der Waals surface area contributed by atoms with Gasteiger partial charge in [-0.3, -0.25) is 4.79 Å². The van der Waals surface area contributed by atoms with E-state index in [-0.39, 0.29) is 5.56 Å². The number of para-hydroxylation sites is 1. The van der Waals surface area contributed by atoms with E-state index in [4.69, 9.17) is 9.72 Å². The molecule has 0 saturated carbocycles. The number of rotatable bonds is 4. The number of ether oxygens (including phenoxy) is 1. The summed E-state index contributed by atoms with van der Waals surface area (Å²) in [5.74, 6) is 1.27. The second kappa shape index (κ2) is 8.36. The van der Waals surface area contributed by atoms with Gasteiger partial charge in [-0.1, -0.05) is 46.6 Å². The number of thiophene rings is 1. The van der Waals surface area contributed by atoms with Crippen molar-refractivity contribution in [3.63, 3.8) is 0 Å². The molecule has 0 saturated heterocycles. The van der Waals surface area contributed by atoms with Gasteiger partial charge >= 0.3 is 0 Å². The van der Waals surface area contributed by atoms with Gasteiger partial charge in [-0.25, -0.2) is 4.98 Å². The van der Waals surface area contributed by atoms with Gasteiger partial charge in [0.2, 0.25) is 0 Å². The first-order valence-corrected chi connectivity index (χ1v) is 11.8. The molecule has 2 aromatic heterocycles. The van der Waals surface area contributed by atoms with Crippen LogP contribution in [0.5, 0.6) is 5.75 Å². The molecule has 6 heteroatoms. The Morgan fingerprint density at radius 2 is 1.83 bits per heavy atom. The van der Waals surface area contributed by atoms with Crippen molar-refractivity contribution in [2.24, 2.45) is 0 Å². The topological polar surface area (TPSA) is 55.0 Å². The molecule has 0 bridgehead atoms. The third-order valence-corrected chi connectivity index (χ3v) is 7.24. The lowest BCUT2D eigenvalue weighted by Crippen LogP contribution is -2.10. The zero-order valence-corrected chi connectivity index (χ0v) is 18.8. The van der Waals surface area contributed by atoms with Crippen molar-refractivity contribution in [3.05, 3.63) is 79.4 Å². The molecule has 0 aliphatic heterocycles. The number of benzene rings is 2. The minimum Gasteiger partial charge on any atom is -0.488 e. The second-order valence-corrected chi connectivity index (χ2v) is 9.57. The van der Waals surface area contributed by atoms with Gasteiger partial charge in [0.05, 0.1) is 10.9 Å². The van der Waals surface area contributed by atoms with E-state index in [1.165, 1.54) is 23.3 Å². The summed E-state index contributed by atoms with van der Waals surface area (Å²) in [5, 5.41) is 0.786. The van der Waals surface area contributed by atoms with E-state index in [1.807, 2.05) is 48.5 Å². The molecule has 0 atom stereocenters. The number of aryl methyl sites for hydroxylation is 2. The predicted molar refractivity (Wildman–Crippen MR) is 125 cm³/mol. The Hall–Kier alpha value is -2.44. The molecule has 30 heavy (non-hydrogen) atoms. The Labute approximate surface area is 187 Å². The molecule has 0 spiro atoms. The van der Waals surface area contributed by atoms with Crippen LogP contribution in [-0.2, 0) is 19.4 Å². The largest absolute Gasteiger partial charge is 0.488 e. The fraction of sp³-hybridized carbons (Fsp3) is 0.250. The summed E-state index contributed by atoms with van der Waals surface area (Å²) in [4.78, 5) is 23.0. The van der Waals surface area contributed by atoms with Gasteiger partial charge in [-0.2, -0.15) is 0 Å². The van der Waals surface area contributed by atoms with E-state index < -0.39 is 0 Å². The van der Waals surface area contributed by atoms with Crippen molar-refractivity contribution in [1.29, 1.82) is 0 Å². The number of H-pyrrole nitrogens is 1. The first-order chi connectivity index (χ1) is 14.7. The molecule has 0 unspecified atom stereocenters. The van der Waals surface area contributed by atoms with Gasteiger partial charge in [0, 0.05) is 9.35 Å². The Bertz CT molecular complexity index is 1260. The van der Waals surface area contributed by atoms with Crippen LogP contribution in [0.15, 0.2) is 57.8 Å². The molecule has 1 N–H and O–H groups in total. The Morgan fingerprint density at radius 1 is 1.03 bits per heavy atom. The Morgan fingerprint density at radius 3 is 2.70 bits per heavy atom. The molecule has 1 aliphatic rings. The molecule has 0 amide bonds. The zero-order chi connectivity index (χ0) is 20.5. The summed E-state index contributed by atoms with van der Waals surface area (Å²) < 4.78 is 7.13. The van der Waals surface area contributed by atoms with Crippen molar-refractivity contribution in [2.75, 3.05) is 0 Å². The molecule has 2 heterocycles. The van der Waals surface area contributed by atoms with Crippen LogP contribution in [0.25, 0.3) is 21.6 Å². The van der Waals surface area contributed by atoms with E-state index >= 15 is 0 Å². The number of hydrogen-bond donors (Lipinski definition) is 1. The van der Waals surface area contributed by atoms with Crippen LogP contribution in [0.4, 0.5) is 0 Å². The summed E-state index contributed by atoms with van der Waals surface area (Å²) in [6.45, 7) is 0.448. The van der Waals surface area contributed by atoms with Crippen molar-refractivity contribution < 1.29 is 4.74 Å². The molecule has 5 rings (SSSR count). The molecule has 1 aliphatic carbocycles. The highest BCUT2D eigenvalue weighted by Crippen LogP contribution is 2.35. The minimum absolute atomic E-state index is 0.0443. The van der Waals surface area contributed by atoms with E-state index in [2.05, 4.69) is 20.9 Å². The van der Waals surface area contributed by atoms with Crippen LogP contribution < -0.4 is 10.3 Å². The molecular weight excluding hydrogens is 460 g/mol. The number of hydrogen-bond acceptors (Lipinski definition) is 4. The first-order valence-electron chi connectivity index (χ1n) is 10.2. The third kappa shape index (κ3) is 3.82. The van der Waals surface area contributed by atoms with Gasteiger partial charge in [0.15, 0.2) is 0 Å². The van der Waals surface area contributed by atoms with Gasteiger partial charge in [-0.05, 0) is 61.1 Å². The number of halogens is 1. The Balaban J connectivity index is 1.51. The first kappa shape index (κ1) is 19.5. The summed E-state index contributed by atoms with van der Waals surface area (Å²) in [6.07, 6.45) is 5.60. The summed E-state index contributed by atoms with van der Waals surface area (Å²) in [7, 11) is 0. The van der Waals surface area contributed by atoms with Crippen LogP contribution in [0.1, 0.15) is 35.3 Å². The van der Waals surface area contributed by atoms with Crippen LogP contribution in [-0.4, -0.2) is 9.97 Å². The van der Waals surface area contributed by atoms with Crippen LogP contribution in [0, 0.1) is 0 Å². The molecule has 0 fully saturated rings. The minimum atomic E-state index is -0.0443. The SMILES string of the molecule is O=c1[nH]c(-c2ccccc2OCc2ccc(Br)cc2)nc2sc3c(c12)CCCCC3. The van der Waals surface area contributed by atoms with Crippen molar-refractivity contribution in [3.8, 4) is 17.1 Å². The molecule has 0 radical (unpaired) electrons. The van der Waals surface area contributed by atoms with E-state index in [0.29, 0.717) is 18.2 Å². The van der Waals surface area contributed by atoms with Crippen LogP contribution in [0.2, 0.25) is 0 Å². The average molecular weight is 481 g/mol. The zero-order valence-electron chi connectivity index (χ0n) is 16.4. The normalized spacial score (nSPS) is 13.8. The van der Waals surface area contributed by atoms with Crippen molar-refractivity contribution in [2.45, 2.75) is 38.7 Å². The molecule has 4 nitrogen and oxygen atoms in total. The van der Waals surface area contributed by atoms with Gasteiger partial charge in [0.25, 0.3) is 5.56 Å². The quantitative estimate of drug-likeness (QED) is 0.350. The lowest BCUT2D eigenvalue weighted by Gasteiger charge is -2.11. The third-order valence-electron chi connectivity index (χ3n) is 5.52. The molecule has 2 aromatic carbocycles. The van der Waals surface area contributed by atoms with Gasteiger partial charge < -0.3 is 9.72 Å². The lowest BCUT2D eigenvalue weighted by atomic mass is 10.1. The number of aromatic amines is 1. The van der Waals surface area contributed by atoms with Crippen LogP contribution in [0.3, 0.4) is 0 Å². The van der Waals surface area contributed by atoms with E-state index in [9.17, 15) is 4.79 Å². The summed E-state index contributed by atoms with van der Waals surface area (Å²) >= 11 is 5.13. The number of nitrogens with one attached hydrogen (secondary N) is 1. The van der Waals surface area contributed by atoms with E-state index in [0.717, 1.165) is 45.1 Å². The smallest absolute Gasteiger partial charge is 0.260 e. The molecule has 152 valence electrons. The second-order valence-electron chi connectivity index (χ2n) is 7.57. The van der Waals surface area contributed by atoms with Crippen LogP contribution >= 0.6 is 27.3 Å². The van der Waals surface area contributed by atoms with E-state index in [1.54, 1.807) is 11.3 Å². The molecule has 4 aromatic rings. The summed E-state index contributed by atoms with van der Waals surface area (Å²) in [6, 6.07) is 15.8. The number of fused-ring (bicyclic) bond motifs is 3. The average Bonchev–Trinajstić information content (AvgIpc) is 2.95. The predicted octanol–water partition coefficient (Wildman–Crippen LogP) is 6.26. The maximum atomic E-state index is 13.0. The van der Waals surface area contributed by atoms with Crippen molar-refractivity contribution in [1.82, 2.24) is 9.97 Å². The highest BCUT2D eigenvalue weighted by Gasteiger charge is 2.20. The number of nitrogens with zero attached hydrogens (tertiary/aromatic N) is 1.